The summed E-state index contributed by atoms with van der Waals surface area (Å²) in [5.74, 6) is -1.30. The van der Waals surface area contributed by atoms with E-state index in [2.05, 4.69) is 0 Å². The second-order valence-electron chi connectivity index (χ2n) is 9.64. The van der Waals surface area contributed by atoms with E-state index in [4.69, 9.17) is 20.8 Å². The van der Waals surface area contributed by atoms with E-state index in [1.807, 2.05) is 30.3 Å². The van der Waals surface area contributed by atoms with Gasteiger partial charge in [0.1, 0.15) is 22.9 Å². The number of hydrogen-bond donors (Lipinski definition) is 0. The van der Waals surface area contributed by atoms with Crippen LogP contribution in [0.15, 0.2) is 117 Å². The van der Waals surface area contributed by atoms with Crippen LogP contribution >= 0.6 is 11.6 Å². The first-order valence-corrected chi connectivity index (χ1v) is 14.9. The third-order valence-electron chi connectivity index (χ3n) is 6.82. The number of halogens is 2. The second-order valence-corrected chi connectivity index (χ2v) is 12.0. The van der Waals surface area contributed by atoms with Crippen molar-refractivity contribution in [3.05, 3.63) is 136 Å². The molecule has 0 radical (unpaired) electrons. The highest BCUT2D eigenvalue weighted by Crippen LogP contribution is 2.36. The molecule has 1 aromatic heterocycles. The summed E-state index contributed by atoms with van der Waals surface area (Å²) in [4.78, 5) is 27.4. The van der Waals surface area contributed by atoms with Crippen LogP contribution in [0.3, 0.4) is 0 Å². The first kappa shape index (κ1) is 30.0. The summed E-state index contributed by atoms with van der Waals surface area (Å²) < 4.78 is 53.1. The van der Waals surface area contributed by atoms with Crippen molar-refractivity contribution in [3.63, 3.8) is 0 Å². The van der Waals surface area contributed by atoms with Crippen molar-refractivity contribution in [1.29, 1.82) is 0 Å². The molecule has 4 aromatic rings. The molecule has 0 N–H and O–H groups in total. The smallest absolute Gasteiger partial charge is 0.343 e. The molecule has 11 heteroatoms. The molecule has 0 saturated carbocycles. The number of methoxy groups -OCH3 is 1. The van der Waals surface area contributed by atoms with E-state index in [1.165, 1.54) is 70.9 Å². The maximum absolute atomic E-state index is 13.7. The van der Waals surface area contributed by atoms with Gasteiger partial charge < -0.3 is 14.1 Å². The number of ketones is 1. The number of furan rings is 1. The van der Waals surface area contributed by atoms with Gasteiger partial charge in [0.15, 0.2) is 0 Å². The molecule has 8 nitrogen and oxygen atoms in total. The molecule has 0 amide bonds. The first-order chi connectivity index (χ1) is 20.6. The van der Waals surface area contributed by atoms with Gasteiger partial charge in [-0.15, -0.1) is 0 Å². The first-order valence-electron chi connectivity index (χ1n) is 13.1. The van der Waals surface area contributed by atoms with Crippen LogP contribution in [-0.2, 0) is 37.4 Å². The number of carbonyl (C=O) groups excluding carboxylic acids is 2. The largest absolute Gasteiger partial charge is 0.465 e. The molecule has 0 aliphatic carbocycles. The minimum atomic E-state index is -3.96. The summed E-state index contributed by atoms with van der Waals surface area (Å²) in [7, 11) is -2.78. The minimum Gasteiger partial charge on any atom is -0.465 e. The molecular weight excluding hydrogens is 595 g/mol. The Hall–Kier alpha value is -4.51. The van der Waals surface area contributed by atoms with Crippen LogP contribution in [0.2, 0.25) is 5.02 Å². The van der Waals surface area contributed by atoms with Gasteiger partial charge in [0.2, 0.25) is 15.8 Å². The fourth-order valence-electron chi connectivity index (χ4n) is 4.72. The van der Waals surface area contributed by atoms with Gasteiger partial charge in [-0.05, 0) is 73.2 Å². The molecule has 0 fully saturated rings. The van der Waals surface area contributed by atoms with Crippen LogP contribution in [0.5, 0.6) is 0 Å². The molecule has 0 unspecified atom stereocenters. The Morgan fingerprint density at radius 2 is 1.65 bits per heavy atom. The van der Waals surface area contributed by atoms with Crippen molar-refractivity contribution in [1.82, 2.24) is 4.31 Å². The standard InChI is InChI=1S/C32H26ClFN2O6S/c1-21-30(32(38)41-2)31(37)29(36(21)25-12-10-24(34)11-13-25)18-26-14-15-27(42-26)20-35(19-22-6-4-3-5-7-22)43(39,40)28-16-8-23(33)9-17-28/h3-18H,19-20H2,1-2H3/b29-18+. The molecule has 2 heterocycles. The van der Waals surface area contributed by atoms with Crippen LogP contribution in [-0.4, -0.2) is 31.6 Å². The summed E-state index contributed by atoms with van der Waals surface area (Å²) in [5.41, 5.74) is 1.46. The van der Waals surface area contributed by atoms with Gasteiger partial charge in [0, 0.05) is 29.0 Å². The molecule has 0 bridgehead atoms. The molecule has 0 saturated heterocycles. The minimum absolute atomic E-state index is 0.0742. The van der Waals surface area contributed by atoms with Crippen molar-refractivity contribution in [2.75, 3.05) is 12.0 Å². The highest BCUT2D eigenvalue weighted by molar-refractivity contribution is 7.89. The van der Waals surface area contributed by atoms with Gasteiger partial charge in [-0.3, -0.25) is 4.79 Å². The Labute approximate surface area is 253 Å². The monoisotopic (exact) mass is 620 g/mol. The Bertz CT molecular complexity index is 1830. The highest BCUT2D eigenvalue weighted by Gasteiger charge is 2.38. The quantitative estimate of drug-likeness (QED) is 0.122. The van der Waals surface area contributed by atoms with Crippen molar-refractivity contribution in [2.24, 2.45) is 0 Å². The maximum Gasteiger partial charge on any atom is 0.343 e. The zero-order valence-electron chi connectivity index (χ0n) is 23.2. The molecular formula is C32H26ClFN2O6S. The van der Waals surface area contributed by atoms with E-state index in [0.29, 0.717) is 22.2 Å². The van der Waals surface area contributed by atoms with E-state index in [9.17, 15) is 22.4 Å². The van der Waals surface area contributed by atoms with Crippen LogP contribution in [0.4, 0.5) is 10.1 Å². The lowest BCUT2D eigenvalue weighted by molar-refractivity contribution is -0.137. The average Bonchev–Trinajstić information content (AvgIpc) is 3.54. The van der Waals surface area contributed by atoms with Crippen molar-refractivity contribution >= 4 is 45.1 Å². The summed E-state index contributed by atoms with van der Waals surface area (Å²) >= 11 is 5.98. The van der Waals surface area contributed by atoms with Crippen molar-refractivity contribution < 1.29 is 31.6 Å². The van der Waals surface area contributed by atoms with Gasteiger partial charge in [0.05, 0.1) is 24.2 Å². The fraction of sp³-hybridized carbons (Fsp3) is 0.125. The lowest BCUT2D eigenvalue weighted by Crippen LogP contribution is -2.30. The van der Waals surface area contributed by atoms with E-state index in [0.717, 1.165) is 5.56 Å². The number of ether oxygens (including phenoxy) is 1. The number of sulfonamides is 1. The topological polar surface area (TPSA) is 97.1 Å². The lowest BCUT2D eigenvalue weighted by atomic mass is 10.1. The predicted molar refractivity (Wildman–Crippen MR) is 160 cm³/mol. The highest BCUT2D eigenvalue weighted by atomic mass is 35.5. The molecule has 0 atom stereocenters. The number of allylic oxidation sites excluding steroid dienone is 2. The van der Waals surface area contributed by atoms with Crippen molar-refractivity contribution in [2.45, 2.75) is 24.9 Å². The zero-order valence-corrected chi connectivity index (χ0v) is 24.7. The van der Waals surface area contributed by atoms with Gasteiger partial charge in [0.25, 0.3) is 0 Å². The molecule has 1 aliphatic rings. The number of rotatable bonds is 9. The molecule has 3 aromatic carbocycles. The molecule has 5 rings (SSSR count). The van der Waals surface area contributed by atoms with E-state index in [-0.39, 0.29) is 35.0 Å². The summed E-state index contributed by atoms with van der Waals surface area (Å²) in [5, 5.41) is 0.411. The summed E-state index contributed by atoms with van der Waals surface area (Å²) in [6, 6.07) is 23.7. The predicted octanol–water partition coefficient (Wildman–Crippen LogP) is 6.34. The van der Waals surface area contributed by atoms with E-state index in [1.54, 1.807) is 19.1 Å². The Morgan fingerprint density at radius 3 is 2.30 bits per heavy atom. The van der Waals surface area contributed by atoms with Gasteiger partial charge in [-0.25, -0.2) is 17.6 Å². The Morgan fingerprint density at radius 1 is 0.977 bits per heavy atom. The zero-order chi connectivity index (χ0) is 30.7. The van der Waals surface area contributed by atoms with Crippen LogP contribution in [0.25, 0.3) is 6.08 Å². The number of benzene rings is 3. The number of hydrogen-bond acceptors (Lipinski definition) is 7. The second kappa shape index (κ2) is 12.4. The van der Waals surface area contributed by atoms with Crippen LogP contribution < -0.4 is 4.90 Å². The fourth-order valence-corrected chi connectivity index (χ4v) is 6.24. The third-order valence-corrected chi connectivity index (χ3v) is 8.88. The summed E-state index contributed by atoms with van der Waals surface area (Å²) in [6.45, 7) is 1.56. The van der Waals surface area contributed by atoms with E-state index >= 15 is 0 Å². The van der Waals surface area contributed by atoms with Gasteiger partial charge >= 0.3 is 5.97 Å². The molecule has 43 heavy (non-hydrogen) atoms. The van der Waals surface area contributed by atoms with Crippen LogP contribution in [0, 0.1) is 5.82 Å². The molecule has 0 spiro atoms. The number of carbonyl (C=O) groups is 2. The number of esters is 1. The normalized spacial score (nSPS) is 14.7. The van der Waals surface area contributed by atoms with Crippen molar-refractivity contribution in [3.8, 4) is 0 Å². The van der Waals surface area contributed by atoms with E-state index < -0.39 is 27.6 Å². The SMILES string of the molecule is COC(=O)C1=C(C)N(c2ccc(F)cc2)/C(=C/c2ccc(CN(Cc3ccccc3)S(=O)(=O)c3ccc(Cl)cc3)o2)C1=O. The third kappa shape index (κ3) is 6.31. The number of Topliss-reactive ketones (excluding diaryl/α,β-unsaturated/α-hetero) is 1. The Balaban J connectivity index is 1.49. The average molecular weight is 621 g/mol. The Kier molecular flexibility index (Phi) is 8.63. The number of nitrogens with zero attached hydrogens (tertiary/aromatic N) is 2. The number of anilines is 1. The maximum atomic E-state index is 13.7. The summed E-state index contributed by atoms with van der Waals surface area (Å²) in [6.07, 6.45) is 1.45. The molecule has 220 valence electrons. The molecule has 1 aliphatic heterocycles. The lowest BCUT2D eigenvalue weighted by Gasteiger charge is -2.22. The van der Waals surface area contributed by atoms with Gasteiger partial charge in [-0.2, -0.15) is 4.31 Å². The van der Waals surface area contributed by atoms with Crippen LogP contribution in [0.1, 0.15) is 24.0 Å². The van der Waals surface area contributed by atoms with Gasteiger partial charge in [-0.1, -0.05) is 41.9 Å².